The third-order valence-electron chi connectivity index (χ3n) is 4.93. The molecule has 2 heterocycles. The van der Waals surface area contributed by atoms with E-state index in [1.165, 1.54) is 24.9 Å². The van der Waals surface area contributed by atoms with Gasteiger partial charge >= 0.3 is 11.9 Å². The lowest BCUT2D eigenvalue weighted by Gasteiger charge is -2.12. The number of esters is 1. The molecule has 34 heavy (non-hydrogen) atoms. The predicted octanol–water partition coefficient (Wildman–Crippen LogP) is 3.20. The molecule has 0 radical (unpaired) electrons. The van der Waals surface area contributed by atoms with Crippen LogP contribution in [0.4, 0.5) is 11.5 Å². The molecule has 0 fully saturated rings. The Hall–Kier alpha value is -4.98. The Morgan fingerprint density at radius 2 is 2.03 bits per heavy atom. The summed E-state index contributed by atoms with van der Waals surface area (Å²) < 4.78 is 17.0. The second-order valence-corrected chi connectivity index (χ2v) is 7.02. The standard InChI is InChI=1S/C23H19N5O6/c1-32-17-7-6-13(9-18(17)34-12-19(29)30)20-22(28-21(27-20)15(10-24)11-25-28)26-16-5-3-4-14(8-16)23(31)33-2/h3-9,11,26-27H,12H2,1-2H3,(H,29,30). The molecule has 2 aromatic carbocycles. The molecule has 172 valence electrons. The Labute approximate surface area is 193 Å². The maximum Gasteiger partial charge on any atom is 0.341 e. The van der Waals surface area contributed by atoms with Crippen LogP contribution in [0, 0.1) is 11.3 Å². The van der Waals surface area contributed by atoms with Crippen LogP contribution in [0.1, 0.15) is 15.9 Å². The lowest BCUT2D eigenvalue weighted by atomic mass is 10.1. The number of carboxylic acid groups (broad SMARTS) is 1. The number of benzene rings is 2. The molecular weight excluding hydrogens is 442 g/mol. The molecule has 4 aromatic rings. The molecule has 0 bridgehead atoms. The van der Waals surface area contributed by atoms with Crippen LogP contribution in [0.5, 0.6) is 11.5 Å². The van der Waals surface area contributed by atoms with Crippen LogP contribution in [0.15, 0.2) is 48.7 Å². The molecule has 0 unspecified atom stereocenters. The van der Waals surface area contributed by atoms with Crippen LogP contribution >= 0.6 is 0 Å². The fourth-order valence-corrected chi connectivity index (χ4v) is 3.39. The smallest absolute Gasteiger partial charge is 0.341 e. The number of ether oxygens (including phenoxy) is 3. The number of nitrogens with one attached hydrogen (secondary N) is 2. The summed E-state index contributed by atoms with van der Waals surface area (Å²) in [5, 5.41) is 26.0. The molecule has 4 rings (SSSR count). The van der Waals surface area contributed by atoms with Gasteiger partial charge in [0.15, 0.2) is 29.6 Å². The summed E-state index contributed by atoms with van der Waals surface area (Å²) in [4.78, 5) is 26.1. The number of hydrogen-bond acceptors (Lipinski definition) is 8. The summed E-state index contributed by atoms with van der Waals surface area (Å²) in [6, 6.07) is 13.8. The number of anilines is 2. The zero-order valence-electron chi connectivity index (χ0n) is 18.2. The Kier molecular flexibility index (Phi) is 6.05. The first kappa shape index (κ1) is 22.2. The van der Waals surface area contributed by atoms with Gasteiger partial charge in [0.05, 0.1) is 31.7 Å². The van der Waals surface area contributed by atoms with E-state index in [0.29, 0.717) is 45.3 Å². The minimum absolute atomic E-state index is 0.230. The summed E-state index contributed by atoms with van der Waals surface area (Å²) in [7, 11) is 2.75. The molecule has 3 N–H and O–H groups in total. The van der Waals surface area contributed by atoms with Gasteiger partial charge in [-0.05, 0) is 36.4 Å². The van der Waals surface area contributed by atoms with E-state index in [-0.39, 0.29) is 5.75 Å². The van der Waals surface area contributed by atoms with E-state index in [9.17, 15) is 14.9 Å². The number of aromatic amines is 1. The number of carboxylic acids is 1. The molecule has 0 spiro atoms. The number of nitrogens with zero attached hydrogens (tertiary/aromatic N) is 3. The number of carbonyl (C=O) groups is 2. The fourth-order valence-electron chi connectivity index (χ4n) is 3.39. The van der Waals surface area contributed by atoms with Crippen molar-refractivity contribution in [2.75, 3.05) is 26.1 Å². The Morgan fingerprint density at radius 3 is 2.74 bits per heavy atom. The molecule has 0 atom stereocenters. The van der Waals surface area contributed by atoms with Gasteiger partial charge in [0.2, 0.25) is 0 Å². The van der Waals surface area contributed by atoms with E-state index in [1.807, 2.05) is 0 Å². The van der Waals surface area contributed by atoms with Crippen molar-refractivity contribution >= 4 is 29.1 Å². The number of aliphatic carboxylic acids is 1. The van der Waals surface area contributed by atoms with Gasteiger partial charge < -0.3 is 29.6 Å². The zero-order chi connectivity index (χ0) is 24.2. The first-order valence-electron chi connectivity index (χ1n) is 9.93. The van der Waals surface area contributed by atoms with Crippen molar-refractivity contribution in [2.24, 2.45) is 0 Å². The van der Waals surface area contributed by atoms with Crippen molar-refractivity contribution in [3.8, 4) is 28.8 Å². The number of aromatic nitrogens is 3. The summed E-state index contributed by atoms with van der Waals surface area (Å²) in [5.41, 5.74) is 2.87. The monoisotopic (exact) mass is 461 g/mol. The third kappa shape index (κ3) is 4.20. The van der Waals surface area contributed by atoms with E-state index in [4.69, 9.17) is 19.3 Å². The molecule has 0 aliphatic rings. The van der Waals surface area contributed by atoms with Crippen molar-refractivity contribution in [3.63, 3.8) is 0 Å². The second-order valence-electron chi connectivity index (χ2n) is 7.02. The normalized spacial score (nSPS) is 10.5. The van der Waals surface area contributed by atoms with Gasteiger partial charge in [-0.2, -0.15) is 14.9 Å². The Balaban J connectivity index is 1.83. The third-order valence-corrected chi connectivity index (χ3v) is 4.93. The highest BCUT2D eigenvalue weighted by Crippen LogP contribution is 2.37. The summed E-state index contributed by atoms with van der Waals surface area (Å²) in [6.07, 6.45) is 1.43. The number of imidazole rings is 1. The van der Waals surface area contributed by atoms with Crippen LogP contribution in [0.2, 0.25) is 0 Å². The van der Waals surface area contributed by atoms with Gasteiger partial charge in [0.1, 0.15) is 11.6 Å². The van der Waals surface area contributed by atoms with E-state index >= 15 is 0 Å². The number of carbonyl (C=O) groups excluding carboxylic acids is 1. The van der Waals surface area contributed by atoms with E-state index in [0.717, 1.165) is 0 Å². The zero-order valence-corrected chi connectivity index (χ0v) is 18.2. The summed E-state index contributed by atoms with van der Waals surface area (Å²) in [6.45, 7) is -0.544. The van der Waals surface area contributed by atoms with Gasteiger partial charge in [0.25, 0.3) is 0 Å². The summed E-state index contributed by atoms with van der Waals surface area (Å²) in [5.74, 6) is -0.539. The number of fused-ring (bicyclic) bond motifs is 1. The van der Waals surface area contributed by atoms with Gasteiger partial charge in [-0.3, -0.25) is 0 Å². The lowest BCUT2D eigenvalue weighted by Crippen LogP contribution is -2.10. The first-order chi connectivity index (χ1) is 16.4. The average molecular weight is 461 g/mol. The van der Waals surface area contributed by atoms with E-state index < -0.39 is 18.5 Å². The molecule has 11 nitrogen and oxygen atoms in total. The highest BCUT2D eigenvalue weighted by Gasteiger charge is 2.20. The van der Waals surface area contributed by atoms with Crippen molar-refractivity contribution in [1.82, 2.24) is 14.6 Å². The van der Waals surface area contributed by atoms with Crippen LogP contribution in [-0.2, 0) is 9.53 Å². The Morgan fingerprint density at radius 1 is 1.21 bits per heavy atom. The van der Waals surface area contributed by atoms with Crippen LogP contribution in [0.3, 0.4) is 0 Å². The maximum atomic E-state index is 11.9. The van der Waals surface area contributed by atoms with E-state index in [2.05, 4.69) is 21.5 Å². The topological polar surface area (TPSA) is 151 Å². The molecule has 0 saturated carbocycles. The largest absolute Gasteiger partial charge is 0.493 e. The Bertz CT molecular complexity index is 1430. The highest BCUT2D eigenvalue weighted by atomic mass is 16.5. The van der Waals surface area contributed by atoms with Crippen molar-refractivity contribution < 1.29 is 28.9 Å². The molecular formula is C23H19N5O6. The van der Waals surface area contributed by atoms with Crippen molar-refractivity contribution in [2.45, 2.75) is 0 Å². The number of rotatable bonds is 8. The minimum Gasteiger partial charge on any atom is -0.493 e. The van der Waals surface area contributed by atoms with Crippen LogP contribution in [0.25, 0.3) is 16.9 Å². The first-order valence-corrected chi connectivity index (χ1v) is 9.93. The average Bonchev–Trinajstić information content (AvgIpc) is 3.42. The minimum atomic E-state index is -1.13. The molecule has 0 amide bonds. The highest BCUT2D eigenvalue weighted by molar-refractivity contribution is 5.91. The predicted molar refractivity (Wildman–Crippen MR) is 120 cm³/mol. The van der Waals surface area contributed by atoms with Gasteiger partial charge in [-0.1, -0.05) is 6.07 Å². The molecule has 2 aromatic heterocycles. The number of H-pyrrole nitrogens is 1. The number of hydrogen-bond donors (Lipinski definition) is 3. The quantitative estimate of drug-likeness (QED) is 0.336. The van der Waals surface area contributed by atoms with Crippen molar-refractivity contribution in [3.05, 3.63) is 59.8 Å². The SMILES string of the molecule is COC(=O)c1cccc(Nc2c(-c3ccc(OC)c(OCC(=O)O)c3)[nH]c3c(C#N)cnn23)c1. The molecule has 11 heteroatoms. The van der Waals surface area contributed by atoms with E-state index in [1.54, 1.807) is 42.5 Å². The van der Waals surface area contributed by atoms with Gasteiger partial charge in [0, 0.05) is 11.3 Å². The van der Waals surface area contributed by atoms with Crippen LogP contribution in [-0.4, -0.2) is 52.5 Å². The molecule has 0 aliphatic heterocycles. The maximum absolute atomic E-state index is 11.9. The van der Waals surface area contributed by atoms with Crippen molar-refractivity contribution in [1.29, 1.82) is 5.26 Å². The number of methoxy groups -OCH3 is 2. The van der Waals surface area contributed by atoms with Crippen LogP contribution < -0.4 is 14.8 Å². The fraction of sp³-hybridized carbons (Fsp3) is 0.130. The lowest BCUT2D eigenvalue weighted by molar-refractivity contribution is -0.139. The molecule has 0 saturated heterocycles. The summed E-state index contributed by atoms with van der Waals surface area (Å²) >= 11 is 0. The van der Waals surface area contributed by atoms with Gasteiger partial charge in [-0.15, -0.1) is 0 Å². The molecule has 0 aliphatic carbocycles. The number of nitriles is 1. The van der Waals surface area contributed by atoms with Gasteiger partial charge in [-0.25, -0.2) is 9.59 Å². The second kappa shape index (κ2) is 9.25.